The lowest BCUT2D eigenvalue weighted by molar-refractivity contribution is -0.138. The minimum absolute atomic E-state index is 0.185. The normalized spacial score (nSPS) is 18.5. The monoisotopic (exact) mass is 623 g/mol. The first-order valence-electron chi connectivity index (χ1n) is 13.9. The molecule has 1 unspecified atom stereocenters. The molecule has 224 valence electrons. The van der Waals surface area contributed by atoms with Crippen molar-refractivity contribution in [2.24, 2.45) is 5.41 Å². The second-order valence-electron chi connectivity index (χ2n) is 12.2. The molecule has 2 amide bonds. The van der Waals surface area contributed by atoms with Gasteiger partial charge in [0.2, 0.25) is 5.91 Å². The molecule has 41 heavy (non-hydrogen) atoms. The average molecular weight is 625 g/mol. The molecule has 0 bridgehead atoms. The number of nitrogens with one attached hydrogen (secondary N) is 1. The van der Waals surface area contributed by atoms with E-state index in [0.717, 1.165) is 50.0 Å². The molecule has 2 fully saturated rings. The summed E-state index contributed by atoms with van der Waals surface area (Å²) in [5.74, 6) is 0.185. The number of ether oxygens (including phenoxy) is 1. The van der Waals surface area contributed by atoms with E-state index in [9.17, 15) is 18.0 Å². The fourth-order valence-corrected chi connectivity index (χ4v) is 6.52. The molecule has 2 aromatic rings. The number of carbonyl (C=O) groups excluding carboxylic acids is 2. The van der Waals surface area contributed by atoms with Gasteiger partial charge in [0.15, 0.2) is 9.84 Å². The van der Waals surface area contributed by atoms with Gasteiger partial charge >= 0.3 is 6.09 Å². The Kier molecular flexibility index (Phi) is 9.63. The van der Waals surface area contributed by atoms with E-state index < -0.39 is 21.5 Å². The number of hydrogen-bond donors (Lipinski definition) is 1. The number of amides is 2. The van der Waals surface area contributed by atoms with Gasteiger partial charge in [0.05, 0.1) is 26.4 Å². The van der Waals surface area contributed by atoms with Gasteiger partial charge in [-0.3, -0.25) is 4.79 Å². The van der Waals surface area contributed by atoms with Gasteiger partial charge in [0, 0.05) is 25.9 Å². The maximum Gasteiger partial charge on any atom is 0.408 e. The molecule has 0 aromatic heterocycles. The van der Waals surface area contributed by atoms with Crippen LogP contribution in [0.5, 0.6) is 0 Å². The minimum atomic E-state index is -3.25. The van der Waals surface area contributed by atoms with E-state index in [-0.39, 0.29) is 22.3 Å². The SMILES string of the molecule is CC(C)(C)OC(=O)NC(CCN1CCC2(CC1)CCN(Cc1ccc(S(C)(=O)=O)cc1)C2=O)c1ccc(Cl)c(Cl)c1. The van der Waals surface area contributed by atoms with Gasteiger partial charge < -0.3 is 19.9 Å². The average Bonchev–Trinajstić information content (AvgIpc) is 3.17. The third kappa shape index (κ3) is 8.15. The van der Waals surface area contributed by atoms with Crippen LogP contribution in [0.4, 0.5) is 4.79 Å². The van der Waals surface area contributed by atoms with Crippen LogP contribution in [0.25, 0.3) is 0 Å². The Balaban J connectivity index is 1.34. The van der Waals surface area contributed by atoms with Gasteiger partial charge in [-0.2, -0.15) is 0 Å². The van der Waals surface area contributed by atoms with E-state index >= 15 is 0 Å². The number of rotatable bonds is 8. The third-order valence-electron chi connectivity index (χ3n) is 7.91. The molecule has 2 heterocycles. The Labute approximate surface area is 253 Å². The molecule has 2 aromatic carbocycles. The van der Waals surface area contributed by atoms with E-state index in [1.165, 1.54) is 6.26 Å². The lowest BCUT2D eigenvalue weighted by Crippen LogP contribution is -2.45. The summed E-state index contributed by atoms with van der Waals surface area (Å²) in [6.07, 6.45) is 3.74. The minimum Gasteiger partial charge on any atom is -0.444 e. The summed E-state index contributed by atoms with van der Waals surface area (Å²) in [4.78, 5) is 30.6. The molecule has 4 rings (SSSR count). The zero-order chi connectivity index (χ0) is 30.0. The summed E-state index contributed by atoms with van der Waals surface area (Å²) >= 11 is 12.4. The van der Waals surface area contributed by atoms with Crippen LogP contribution in [0.2, 0.25) is 10.0 Å². The maximum atomic E-state index is 13.5. The molecule has 0 aliphatic carbocycles. The van der Waals surface area contributed by atoms with Crippen molar-refractivity contribution in [3.8, 4) is 0 Å². The van der Waals surface area contributed by atoms with Crippen LogP contribution in [0, 0.1) is 5.41 Å². The molecule has 1 spiro atoms. The topological polar surface area (TPSA) is 96.0 Å². The predicted octanol–water partition coefficient (Wildman–Crippen LogP) is 5.87. The highest BCUT2D eigenvalue weighted by atomic mass is 35.5. The lowest BCUT2D eigenvalue weighted by Gasteiger charge is -2.38. The number of halogens is 2. The van der Waals surface area contributed by atoms with Gasteiger partial charge in [-0.15, -0.1) is 0 Å². The number of likely N-dealkylation sites (tertiary alicyclic amines) is 2. The van der Waals surface area contributed by atoms with Crippen LogP contribution < -0.4 is 5.32 Å². The highest BCUT2D eigenvalue weighted by molar-refractivity contribution is 7.90. The molecule has 1 N–H and O–H groups in total. The summed E-state index contributed by atoms with van der Waals surface area (Å²) < 4.78 is 29.0. The van der Waals surface area contributed by atoms with Crippen molar-refractivity contribution >= 4 is 45.0 Å². The number of carbonyl (C=O) groups is 2. The summed E-state index contributed by atoms with van der Waals surface area (Å²) in [5.41, 5.74) is 0.812. The summed E-state index contributed by atoms with van der Waals surface area (Å²) in [6, 6.07) is 11.8. The number of alkyl carbamates (subject to hydrolysis) is 1. The molecule has 2 aliphatic rings. The standard InChI is InChI=1S/C30H39Cl2N3O5S/c1-29(2,3)40-28(37)33-26(22-7-10-24(31)25(32)19-22)11-15-34-16-12-30(13-17-34)14-18-35(27(30)36)20-21-5-8-23(9-6-21)41(4,38)39/h5-10,19,26H,11-18,20H2,1-4H3,(H,33,37). The van der Waals surface area contributed by atoms with Crippen LogP contribution in [0.1, 0.15) is 63.6 Å². The number of hydrogen-bond acceptors (Lipinski definition) is 6. The molecular weight excluding hydrogens is 585 g/mol. The van der Waals surface area contributed by atoms with Crippen molar-refractivity contribution in [3.05, 3.63) is 63.6 Å². The second-order valence-corrected chi connectivity index (χ2v) is 15.0. The molecule has 8 nitrogen and oxygen atoms in total. The molecule has 2 aliphatic heterocycles. The highest BCUT2D eigenvalue weighted by Gasteiger charge is 2.47. The third-order valence-corrected chi connectivity index (χ3v) is 9.78. The molecule has 2 saturated heterocycles. The first kappa shape index (κ1) is 31.6. The smallest absolute Gasteiger partial charge is 0.408 e. The zero-order valence-electron chi connectivity index (χ0n) is 24.1. The van der Waals surface area contributed by atoms with Crippen molar-refractivity contribution in [2.75, 3.05) is 32.4 Å². The van der Waals surface area contributed by atoms with Gasteiger partial charge in [0.25, 0.3) is 0 Å². The van der Waals surface area contributed by atoms with Gasteiger partial charge in [-0.05, 0) is 94.9 Å². The summed E-state index contributed by atoms with van der Waals surface area (Å²) in [5, 5.41) is 3.87. The highest BCUT2D eigenvalue weighted by Crippen LogP contribution is 2.42. The number of piperidine rings is 1. The van der Waals surface area contributed by atoms with Crippen LogP contribution in [-0.2, 0) is 25.9 Å². The second kappa shape index (κ2) is 12.5. The quantitative estimate of drug-likeness (QED) is 0.395. The van der Waals surface area contributed by atoms with Gasteiger partial charge in [0.1, 0.15) is 5.60 Å². The molecule has 0 saturated carbocycles. The molecular formula is C30H39Cl2N3O5S. The zero-order valence-corrected chi connectivity index (χ0v) is 26.4. The Morgan fingerprint density at radius 2 is 1.66 bits per heavy atom. The van der Waals surface area contributed by atoms with Gasteiger partial charge in [-0.25, -0.2) is 13.2 Å². The van der Waals surface area contributed by atoms with Crippen LogP contribution in [0.3, 0.4) is 0 Å². The summed E-state index contributed by atoms with van der Waals surface area (Å²) in [6.45, 7) is 8.98. The van der Waals surface area contributed by atoms with Crippen molar-refractivity contribution in [1.82, 2.24) is 15.1 Å². The molecule has 11 heteroatoms. The Bertz CT molecular complexity index is 1370. The van der Waals surface area contributed by atoms with E-state index in [2.05, 4.69) is 10.2 Å². The maximum absolute atomic E-state index is 13.5. The van der Waals surface area contributed by atoms with Crippen molar-refractivity contribution < 1.29 is 22.7 Å². The Hall–Kier alpha value is -2.33. The predicted molar refractivity (Wildman–Crippen MR) is 161 cm³/mol. The Morgan fingerprint density at radius 3 is 2.24 bits per heavy atom. The molecule has 1 atom stereocenters. The van der Waals surface area contributed by atoms with Crippen LogP contribution >= 0.6 is 23.2 Å². The number of benzene rings is 2. The largest absolute Gasteiger partial charge is 0.444 e. The first-order chi connectivity index (χ1) is 19.1. The van der Waals surface area contributed by atoms with E-state index in [4.69, 9.17) is 27.9 Å². The van der Waals surface area contributed by atoms with Gasteiger partial charge in [-0.1, -0.05) is 41.4 Å². The first-order valence-corrected chi connectivity index (χ1v) is 16.6. The van der Waals surface area contributed by atoms with Crippen molar-refractivity contribution in [1.29, 1.82) is 0 Å². The van der Waals surface area contributed by atoms with Crippen molar-refractivity contribution in [2.45, 2.75) is 69.5 Å². The van der Waals surface area contributed by atoms with Crippen LogP contribution in [0.15, 0.2) is 47.4 Å². The molecule has 0 radical (unpaired) electrons. The fraction of sp³-hybridized carbons (Fsp3) is 0.533. The fourth-order valence-electron chi connectivity index (χ4n) is 5.59. The summed E-state index contributed by atoms with van der Waals surface area (Å²) in [7, 11) is -3.25. The van der Waals surface area contributed by atoms with Crippen LogP contribution in [-0.4, -0.2) is 68.3 Å². The number of sulfone groups is 1. The van der Waals surface area contributed by atoms with Crippen molar-refractivity contribution in [3.63, 3.8) is 0 Å². The number of nitrogens with zero attached hydrogens (tertiary/aromatic N) is 2. The Morgan fingerprint density at radius 1 is 1.02 bits per heavy atom. The lowest BCUT2D eigenvalue weighted by atomic mass is 9.77. The van der Waals surface area contributed by atoms with E-state index in [0.29, 0.717) is 29.6 Å². The van der Waals surface area contributed by atoms with E-state index in [1.54, 1.807) is 36.4 Å². The van der Waals surface area contributed by atoms with E-state index in [1.807, 2.05) is 31.7 Å².